The smallest absolute Gasteiger partial charge is 0.336 e. The normalized spacial score (nSPS) is 15.1. The van der Waals surface area contributed by atoms with Crippen molar-refractivity contribution in [2.75, 3.05) is 18.2 Å². The van der Waals surface area contributed by atoms with E-state index in [4.69, 9.17) is 4.84 Å². The second kappa shape index (κ2) is 7.47. The van der Waals surface area contributed by atoms with Gasteiger partial charge in [0.05, 0.1) is 11.6 Å². The molecule has 0 radical (unpaired) electrons. The van der Waals surface area contributed by atoms with Crippen LogP contribution in [0.25, 0.3) is 0 Å². The van der Waals surface area contributed by atoms with Crippen LogP contribution in [-0.2, 0) is 19.2 Å². The van der Waals surface area contributed by atoms with E-state index in [9.17, 15) is 14.4 Å². The van der Waals surface area contributed by atoms with Crippen molar-refractivity contribution in [1.82, 2.24) is 4.90 Å². The van der Waals surface area contributed by atoms with Gasteiger partial charge in [-0.15, -0.1) is 5.06 Å². The Morgan fingerprint density at radius 1 is 1.12 bits per heavy atom. The van der Waals surface area contributed by atoms with Crippen LogP contribution in [0.15, 0.2) is 18.2 Å². The highest BCUT2D eigenvalue weighted by molar-refractivity contribution is 5.92. The van der Waals surface area contributed by atoms with Crippen molar-refractivity contribution in [3.8, 4) is 0 Å². The topological polar surface area (TPSA) is 66.9 Å². The van der Waals surface area contributed by atoms with Crippen molar-refractivity contribution in [2.45, 2.75) is 40.5 Å². The van der Waals surface area contributed by atoms with E-state index in [1.54, 1.807) is 11.0 Å². The minimum absolute atomic E-state index is 0.0162. The third kappa shape index (κ3) is 4.13. The fourth-order valence-corrected chi connectivity index (χ4v) is 2.91. The van der Waals surface area contributed by atoms with E-state index in [1.807, 2.05) is 26.0 Å². The summed E-state index contributed by atoms with van der Waals surface area (Å²) in [6, 6.07) is 5.58. The van der Waals surface area contributed by atoms with E-state index in [0.29, 0.717) is 31.6 Å². The van der Waals surface area contributed by atoms with Crippen LogP contribution in [0.5, 0.6) is 0 Å². The lowest BCUT2D eigenvalue weighted by atomic mass is 9.97. The van der Waals surface area contributed by atoms with Gasteiger partial charge in [0.2, 0.25) is 5.91 Å². The molecule has 0 aromatic heterocycles. The van der Waals surface area contributed by atoms with Gasteiger partial charge < -0.3 is 9.74 Å². The van der Waals surface area contributed by atoms with Crippen molar-refractivity contribution in [2.24, 2.45) is 5.92 Å². The molecule has 0 bridgehead atoms. The largest absolute Gasteiger partial charge is 0.343 e. The van der Waals surface area contributed by atoms with Crippen molar-refractivity contribution in [3.63, 3.8) is 0 Å². The number of benzene rings is 1. The van der Waals surface area contributed by atoms with E-state index in [0.717, 1.165) is 16.2 Å². The van der Waals surface area contributed by atoms with Crippen molar-refractivity contribution < 1.29 is 19.2 Å². The average molecular weight is 332 g/mol. The fourth-order valence-electron chi connectivity index (χ4n) is 2.91. The SMILES string of the molecule is CC(=O)N1CCC(C(=O)ON(C(C)=O)c2ccc(C)cc2C)CC1. The minimum atomic E-state index is -0.423. The lowest BCUT2D eigenvalue weighted by molar-refractivity contribution is -0.156. The maximum atomic E-state index is 12.4. The van der Waals surface area contributed by atoms with Crippen LogP contribution >= 0.6 is 0 Å². The van der Waals surface area contributed by atoms with Crippen LogP contribution in [0, 0.1) is 19.8 Å². The number of nitrogens with zero attached hydrogens (tertiary/aromatic N) is 2. The summed E-state index contributed by atoms with van der Waals surface area (Å²) in [6.45, 7) is 7.81. The number of likely N-dealkylation sites (tertiary alicyclic amines) is 1. The maximum absolute atomic E-state index is 12.4. The first-order valence-electron chi connectivity index (χ1n) is 8.15. The van der Waals surface area contributed by atoms with Crippen LogP contribution < -0.4 is 5.06 Å². The molecule has 1 saturated heterocycles. The molecule has 0 N–H and O–H groups in total. The standard InChI is InChI=1S/C18H24N2O4/c1-12-5-6-17(13(2)11-12)20(15(4)22)24-18(23)16-7-9-19(10-8-16)14(3)21/h5-6,11,16H,7-10H2,1-4H3. The zero-order valence-corrected chi connectivity index (χ0v) is 14.7. The van der Waals surface area contributed by atoms with E-state index in [1.165, 1.54) is 13.8 Å². The number of amides is 2. The molecular formula is C18H24N2O4. The Bertz CT molecular complexity index is 648. The van der Waals surface area contributed by atoms with Crippen LogP contribution in [0.2, 0.25) is 0 Å². The van der Waals surface area contributed by atoms with E-state index in [2.05, 4.69) is 0 Å². The number of hydrogen-bond acceptors (Lipinski definition) is 4. The zero-order valence-electron chi connectivity index (χ0n) is 14.7. The van der Waals surface area contributed by atoms with Gasteiger partial charge in [-0.25, -0.2) is 4.79 Å². The average Bonchev–Trinajstić information content (AvgIpc) is 2.53. The number of hydrogen-bond donors (Lipinski definition) is 0. The number of carbonyl (C=O) groups is 3. The van der Waals surface area contributed by atoms with Gasteiger partial charge in [-0.05, 0) is 38.3 Å². The van der Waals surface area contributed by atoms with Gasteiger partial charge in [0.15, 0.2) is 0 Å². The minimum Gasteiger partial charge on any atom is -0.343 e. The van der Waals surface area contributed by atoms with Gasteiger partial charge in [0.25, 0.3) is 5.91 Å². The van der Waals surface area contributed by atoms with Crippen LogP contribution in [-0.4, -0.2) is 35.8 Å². The van der Waals surface area contributed by atoms with Gasteiger partial charge >= 0.3 is 5.97 Å². The summed E-state index contributed by atoms with van der Waals surface area (Å²) in [5, 5.41) is 1.06. The number of hydroxylamine groups is 1. The first kappa shape index (κ1) is 18.0. The molecule has 1 heterocycles. The summed E-state index contributed by atoms with van der Waals surface area (Å²) in [6.07, 6.45) is 1.11. The Morgan fingerprint density at radius 3 is 2.25 bits per heavy atom. The first-order chi connectivity index (χ1) is 11.3. The molecule has 0 unspecified atom stereocenters. The van der Waals surface area contributed by atoms with Gasteiger partial charge in [0, 0.05) is 26.9 Å². The van der Waals surface area contributed by atoms with Crippen molar-refractivity contribution in [3.05, 3.63) is 29.3 Å². The highest BCUT2D eigenvalue weighted by Gasteiger charge is 2.30. The number of carbonyl (C=O) groups excluding carboxylic acids is 3. The molecule has 1 aromatic rings. The van der Waals surface area contributed by atoms with E-state index >= 15 is 0 Å². The van der Waals surface area contributed by atoms with Crippen LogP contribution in [0.3, 0.4) is 0 Å². The van der Waals surface area contributed by atoms with Gasteiger partial charge in [-0.1, -0.05) is 17.7 Å². The molecule has 1 aliphatic rings. The zero-order chi connectivity index (χ0) is 17.9. The first-order valence-corrected chi connectivity index (χ1v) is 8.15. The number of rotatable bonds is 2. The van der Waals surface area contributed by atoms with Gasteiger partial charge in [0.1, 0.15) is 0 Å². The summed E-state index contributed by atoms with van der Waals surface area (Å²) < 4.78 is 0. The number of anilines is 1. The molecule has 0 spiro atoms. The third-order valence-corrected chi connectivity index (χ3v) is 4.31. The molecule has 24 heavy (non-hydrogen) atoms. The molecular weight excluding hydrogens is 308 g/mol. The summed E-state index contributed by atoms with van der Waals surface area (Å²) >= 11 is 0. The Kier molecular flexibility index (Phi) is 5.59. The van der Waals surface area contributed by atoms with Crippen LogP contribution in [0.4, 0.5) is 5.69 Å². The molecule has 1 aromatic carbocycles. The molecule has 130 valence electrons. The Labute approximate surface area is 142 Å². The maximum Gasteiger partial charge on any atom is 0.336 e. The third-order valence-electron chi connectivity index (χ3n) is 4.31. The molecule has 6 heteroatoms. The van der Waals surface area contributed by atoms with Gasteiger partial charge in [-0.2, -0.15) is 0 Å². The molecule has 1 aliphatic heterocycles. The Balaban J connectivity index is 2.07. The second-order valence-electron chi connectivity index (χ2n) is 6.29. The highest BCUT2D eigenvalue weighted by atomic mass is 16.7. The lowest BCUT2D eigenvalue weighted by Crippen LogP contribution is -2.41. The van der Waals surface area contributed by atoms with Crippen LogP contribution in [0.1, 0.15) is 37.8 Å². The molecule has 0 aliphatic carbocycles. The monoisotopic (exact) mass is 332 g/mol. The fraction of sp³-hybridized carbons (Fsp3) is 0.500. The van der Waals surface area contributed by atoms with Gasteiger partial charge in [-0.3, -0.25) is 9.59 Å². The van der Waals surface area contributed by atoms with Crippen molar-refractivity contribution in [1.29, 1.82) is 0 Å². The molecule has 0 saturated carbocycles. The lowest BCUT2D eigenvalue weighted by Gasteiger charge is -2.31. The number of piperidine rings is 1. The second-order valence-corrected chi connectivity index (χ2v) is 6.29. The molecule has 0 atom stereocenters. The Hall–Kier alpha value is -2.37. The summed E-state index contributed by atoms with van der Waals surface area (Å²) in [5.74, 6) is -1.06. The molecule has 1 fully saturated rings. The predicted molar refractivity (Wildman–Crippen MR) is 90.1 cm³/mol. The van der Waals surface area contributed by atoms with E-state index in [-0.39, 0.29) is 17.7 Å². The van der Waals surface area contributed by atoms with Crippen molar-refractivity contribution >= 4 is 23.5 Å². The quantitative estimate of drug-likeness (QED) is 0.780. The summed E-state index contributed by atoms with van der Waals surface area (Å²) in [5.41, 5.74) is 2.51. The highest BCUT2D eigenvalue weighted by Crippen LogP contribution is 2.24. The predicted octanol–water partition coefficient (Wildman–Crippen LogP) is 2.37. The number of aryl methyl sites for hydroxylation is 2. The van der Waals surface area contributed by atoms with E-state index < -0.39 is 5.97 Å². The molecule has 2 rings (SSSR count). The summed E-state index contributed by atoms with van der Waals surface area (Å²) in [4.78, 5) is 42.8. The molecule has 2 amide bonds. The molecule has 6 nitrogen and oxygen atoms in total. The summed E-state index contributed by atoms with van der Waals surface area (Å²) in [7, 11) is 0. The Morgan fingerprint density at radius 2 is 1.75 bits per heavy atom.